The van der Waals surface area contributed by atoms with Crippen LogP contribution in [0.5, 0.6) is 0 Å². The van der Waals surface area contributed by atoms with E-state index in [0.717, 1.165) is 5.69 Å². The third kappa shape index (κ3) is 5.84. The first-order chi connectivity index (χ1) is 10.5. The van der Waals surface area contributed by atoms with Gasteiger partial charge in [-0.1, -0.05) is 35.9 Å². The Balaban J connectivity index is 0.000000255. The number of carbonyl (C=O) groups is 1. The van der Waals surface area contributed by atoms with Crippen LogP contribution in [0.3, 0.4) is 0 Å². The monoisotopic (exact) mass is 340 g/mol. The zero-order chi connectivity index (χ0) is 16.5. The van der Waals surface area contributed by atoms with Crippen LogP contribution in [-0.2, 0) is 0 Å². The van der Waals surface area contributed by atoms with Crippen molar-refractivity contribution in [1.82, 2.24) is 0 Å². The molecule has 0 aliphatic heterocycles. The van der Waals surface area contributed by atoms with Crippen molar-refractivity contribution in [3.63, 3.8) is 0 Å². The van der Waals surface area contributed by atoms with Gasteiger partial charge in [0.2, 0.25) is 0 Å². The number of carboxylic acid groups (broad SMARTS) is 1. The van der Waals surface area contributed by atoms with E-state index in [0.29, 0.717) is 10.7 Å². The molecule has 118 valence electrons. The summed E-state index contributed by atoms with van der Waals surface area (Å²) in [6, 6.07) is 16.3. The van der Waals surface area contributed by atoms with E-state index in [-0.39, 0.29) is 6.04 Å². The Morgan fingerprint density at radius 3 is 2.18 bits per heavy atom. The first-order valence-electron chi connectivity index (χ1n) is 6.65. The highest BCUT2D eigenvalue weighted by atomic mass is 35.5. The molecule has 6 heteroatoms. The van der Waals surface area contributed by atoms with Crippen LogP contribution < -0.4 is 9.74 Å². The molecule has 0 bridgehead atoms. The Bertz CT molecular complexity index is 592. The standard InChI is InChI=1S/C10H12ClNO2.C6H6ClN/c1-7(2)12(10(13)14)9-5-3-4-8(11)6-9;7-8-6-4-2-1-3-5-6/h3-7H,1-2H3,(H,13,14);1-5,8H. The number of para-hydroxylation sites is 1. The van der Waals surface area contributed by atoms with Gasteiger partial charge in [0, 0.05) is 34.2 Å². The topological polar surface area (TPSA) is 52.6 Å². The first-order valence-corrected chi connectivity index (χ1v) is 7.40. The molecule has 2 aromatic rings. The molecule has 0 aliphatic carbocycles. The summed E-state index contributed by atoms with van der Waals surface area (Å²) in [6.45, 7) is 3.63. The number of nitrogens with one attached hydrogen (secondary N) is 1. The molecule has 2 N–H and O–H groups in total. The van der Waals surface area contributed by atoms with Crippen LogP contribution in [0.1, 0.15) is 13.8 Å². The Hall–Kier alpha value is -1.91. The number of hydrogen-bond donors (Lipinski definition) is 2. The van der Waals surface area contributed by atoms with E-state index in [9.17, 15) is 4.79 Å². The fourth-order valence-corrected chi connectivity index (χ4v) is 2.07. The zero-order valence-electron chi connectivity index (χ0n) is 12.3. The molecular weight excluding hydrogens is 323 g/mol. The molecule has 22 heavy (non-hydrogen) atoms. The van der Waals surface area contributed by atoms with Gasteiger partial charge in [0.15, 0.2) is 0 Å². The highest BCUT2D eigenvalue weighted by molar-refractivity contribution is 6.30. The van der Waals surface area contributed by atoms with Crippen LogP contribution in [0.15, 0.2) is 54.6 Å². The predicted octanol–water partition coefficient (Wildman–Crippen LogP) is 5.49. The molecule has 0 heterocycles. The van der Waals surface area contributed by atoms with Gasteiger partial charge in [-0.05, 0) is 44.2 Å². The molecule has 2 aromatic carbocycles. The fourth-order valence-electron chi connectivity index (χ4n) is 1.76. The Kier molecular flexibility index (Phi) is 7.57. The maximum absolute atomic E-state index is 10.9. The lowest BCUT2D eigenvalue weighted by Crippen LogP contribution is -2.35. The van der Waals surface area contributed by atoms with Crippen LogP contribution >= 0.6 is 23.4 Å². The fraction of sp³-hybridized carbons (Fsp3) is 0.188. The average molecular weight is 341 g/mol. The molecule has 0 spiro atoms. The van der Waals surface area contributed by atoms with Crippen molar-refractivity contribution < 1.29 is 9.90 Å². The SMILES string of the molecule is CC(C)N(C(=O)O)c1cccc(Cl)c1.ClNc1ccccc1. The van der Waals surface area contributed by atoms with Gasteiger partial charge in [-0.3, -0.25) is 9.74 Å². The number of rotatable bonds is 3. The molecular formula is C16H18Cl2N2O2. The second-order valence-electron chi connectivity index (χ2n) is 4.69. The molecule has 1 amide bonds. The predicted molar refractivity (Wildman–Crippen MR) is 93.0 cm³/mol. The molecule has 0 atom stereocenters. The maximum Gasteiger partial charge on any atom is 0.412 e. The molecule has 0 fully saturated rings. The van der Waals surface area contributed by atoms with Crippen molar-refractivity contribution in [2.24, 2.45) is 0 Å². The van der Waals surface area contributed by atoms with Crippen molar-refractivity contribution in [1.29, 1.82) is 0 Å². The summed E-state index contributed by atoms with van der Waals surface area (Å²) < 4.78 is 0. The molecule has 0 saturated carbocycles. The van der Waals surface area contributed by atoms with Gasteiger partial charge >= 0.3 is 6.09 Å². The van der Waals surface area contributed by atoms with Crippen molar-refractivity contribution in [2.45, 2.75) is 19.9 Å². The quantitative estimate of drug-likeness (QED) is 0.726. The molecule has 4 nitrogen and oxygen atoms in total. The Morgan fingerprint density at radius 1 is 1.14 bits per heavy atom. The van der Waals surface area contributed by atoms with E-state index in [4.69, 9.17) is 28.5 Å². The normalized spacial score (nSPS) is 9.68. The van der Waals surface area contributed by atoms with Gasteiger partial charge in [-0.2, -0.15) is 0 Å². The second kappa shape index (κ2) is 9.18. The van der Waals surface area contributed by atoms with Crippen LogP contribution in [0.25, 0.3) is 0 Å². The molecule has 0 radical (unpaired) electrons. The molecule has 0 aliphatic rings. The number of halogens is 2. The summed E-state index contributed by atoms with van der Waals surface area (Å²) in [5.41, 5.74) is 1.52. The van der Waals surface area contributed by atoms with Gasteiger partial charge < -0.3 is 5.11 Å². The van der Waals surface area contributed by atoms with E-state index in [1.54, 1.807) is 24.3 Å². The Morgan fingerprint density at radius 2 is 1.77 bits per heavy atom. The van der Waals surface area contributed by atoms with Crippen molar-refractivity contribution in [3.05, 3.63) is 59.6 Å². The van der Waals surface area contributed by atoms with Crippen molar-refractivity contribution in [2.75, 3.05) is 9.74 Å². The lowest BCUT2D eigenvalue weighted by molar-refractivity contribution is 0.200. The lowest BCUT2D eigenvalue weighted by Gasteiger charge is -2.23. The first kappa shape index (κ1) is 18.1. The van der Waals surface area contributed by atoms with Crippen LogP contribution in [0.4, 0.5) is 16.2 Å². The Labute approximate surface area is 140 Å². The molecule has 0 unspecified atom stereocenters. The lowest BCUT2D eigenvalue weighted by atomic mass is 10.2. The van der Waals surface area contributed by atoms with E-state index in [1.165, 1.54) is 4.90 Å². The highest BCUT2D eigenvalue weighted by Crippen LogP contribution is 2.21. The number of anilines is 2. The third-order valence-electron chi connectivity index (χ3n) is 2.69. The zero-order valence-corrected chi connectivity index (χ0v) is 13.8. The summed E-state index contributed by atoms with van der Waals surface area (Å²) in [7, 11) is 0. The minimum Gasteiger partial charge on any atom is -0.465 e. The smallest absolute Gasteiger partial charge is 0.412 e. The summed E-state index contributed by atoms with van der Waals surface area (Å²) in [5.74, 6) is 0. The summed E-state index contributed by atoms with van der Waals surface area (Å²) in [4.78, 5) is 14.7. The van der Waals surface area contributed by atoms with Crippen LogP contribution in [0, 0.1) is 0 Å². The van der Waals surface area contributed by atoms with Gasteiger partial charge in [-0.15, -0.1) is 0 Å². The maximum atomic E-state index is 10.9. The summed E-state index contributed by atoms with van der Waals surface area (Å²) in [6.07, 6.45) is -0.970. The minimum absolute atomic E-state index is 0.106. The van der Waals surface area contributed by atoms with Gasteiger partial charge in [0.25, 0.3) is 0 Å². The number of nitrogens with zero attached hydrogens (tertiary/aromatic N) is 1. The average Bonchev–Trinajstić information content (AvgIpc) is 2.48. The van der Waals surface area contributed by atoms with Crippen molar-refractivity contribution >= 4 is 40.8 Å². The van der Waals surface area contributed by atoms with Crippen LogP contribution in [0.2, 0.25) is 5.02 Å². The molecule has 2 rings (SSSR count). The number of hydrogen-bond acceptors (Lipinski definition) is 2. The van der Waals surface area contributed by atoms with E-state index < -0.39 is 6.09 Å². The minimum atomic E-state index is -0.970. The van der Waals surface area contributed by atoms with E-state index in [2.05, 4.69) is 4.84 Å². The molecule has 0 saturated heterocycles. The van der Waals surface area contributed by atoms with E-state index >= 15 is 0 Å². The summed E-state index contributed by atoms with van der Waals surface area (Å²) in [5, 5.41) is 9.51. The van der Waals surface area contributed by atoms with Crippen molar-refractivity contribution in [3.8, 4) is 0 Å². The van der Waals surface area contributed by atoms with Gasteiger partial charge in [0.05, 0.1) is 0 Å². The molecule has 0 aromatic heterocycles. The highest BCUT2D eigenvalue weighted by Gasteiger charge is 2.17. The van der Waals surface area contributed by atoms with Crippen LogP contribution in [-0.4, -0.2) is 17.2 Å². The number of benzene rings is 2. The second-order valence-corrected chi connectivity index (χ2v) is 5.31. The largest absolute Gasteiger partial charge is 0.465 e. The van der Waals surface area contributed by atoms with E-state index in [1.807, 2.05) is 44.2 Å². The number of amides is 1. The summed E-state index contributed by atoms with van der Waals surface area (Å²) >= 11 is 11.1. The van der Waals surface area contributed by atoms with Gasteiger partial charge in [0.1, 0.15) is 0 Å². The van der Waals surface area contributed by atoms with Gasteiger partial charge in [-0.25, -0.2) is 4.79 Å². The third-order valence-corrected chi connectivity index (χ3v) is 3.15.